The van der Waals surface area contributed by atoms with E-state index in [-0.39, 0.29) is 35.8 Å². The van der Waals surface area contributed by atoms with Crippen LogP contribution in [0.2, 0.25) is 0 Å². The predicted octanol–water partition coefficient (Wildman–Crippen LogP) is 3.98. The maximum absolute atomic E-state index is 11.3. The van der Waals surface area contributed by atoms with E-state index in [0.717, 1.165) is 23.6 Å². The summed E-state index contributed by atoms with van der Waals surface area (Å²) < 4.78 is 28.5. The Hall–Kier alpha value is -1.81. The molecule has 1 unspecified atom stereocenters. The van der Waals surface area contributed by atoms with Crippen LogP contribution in [0.3, 0.4) is 0 Å². The summed E-state index contributed by atoms with van der Waals surface area (Å²) >= 11 is 0. The van der Waals surface area contributed by atoms with Crippen LogP contribution in [0.4, 0.5) is 0 Å². The van der Waals surface area contributed by atoms with Crippen LogP contribution in [0.15, 0.2) is 59.6 Å². The Bertz CT molecular complexity index is 874. The number of nitrogens with one attached hydrogen (secondary N) is 2. The van der Waals surface area contributed by atoms with Gasteiger partial charge in [0.05, 0.1) is 12.3 Å². The molecule has 2 rings (SSSR count). The van der Waals surface area contributed by atoms with E-state index in [2.05, 4.69) is 15.6 Å². The SMILES string of the molecule is CCNC(=NCc1cccc(Oc2ccccc2)c1)NC(C)CCS(C)(=O)=O.I. The molecule has 0 aliphatic heterocycles. The van der Waals surface area contributed by atoms with Crippen molar-refractivity contribution in [2.75, 3.05) is 18.6 Å². The predicted molar refractivity (Wildman–Crippen MR) is 130 cm³/mol. The van der Waals surface area contributed by atoms with Gasteiger partial charge in [-0.15, -0.1) is 24.0 Å². The molecule has 0 bridgehead atoms. The second kappa shape index (κ2) is 12.7. The summed E-state index contributed by atoms with van der Waals surface area (Å²) in [5.74, 6) is 2.37. The van der Waals surface area contributed by atoms with Crippen molar-refractivity contribution in [2.24, 2.45) is 4.99 Å². The van der Waals surface area contributed by atoms with Gasteiger partial charge in [0, 0.05) is 18.8 Å². The lowest BCUT2D eigenvalue weighted by atomic mass is 10.2. The summed E-state index contributed by atoms with van der Waals surface area (Å²) in [4.78, 5) is 4.61. The van der Waals surface area contributed by atoms with E-state index < -0.39 is 9.84 Å². The van der Waals surface area contributed by atoms with Gasteiger partial charge in [0.25, 0.3) is 0 Å². The van der Waals surface area contributed by atoms with Crippen molar-refractivity contribution in [1.29, 1.82) is 0 Å². The molecule has 2 aromatic carbocycles. The number of hydrogen-bond acceptors (Lipinski definition) is 4. The second-order valence-electron chi connectivity index (χ2n) is 6.72. The molecule has 2 aromatic rings. The van der Waals surface area contributed by atoms with Crippen LogP contribution in [-0.4, -0.2) is 39.0 Å². The van der Waals surface area contributed by atoms with Crippen LogP contribution in [0.1, 0.15) is 25.8 Å². The highest BCUT2D eigenvalue weighted by Crippen LogP contribution is 2.22. The quantitative estimate of drug-likeness (QED) is 0.291. The zero-order valence-electron chi connectivity index (χ0n) is 17.1. The lowest BCUT2D eigenvalue weighted by molar-refractivity contribution is 0.482. The number of rotatable bonds is 9. The van der Waals surface area contributed by atoms with E-state index in [1.807, 2.05) is 68.4 Å². The molecule has 29 heavy (non-hydrogen) atoms. The molecule has 0 aliphatic rings. The van der Waals surface area contributed by atoms with E-state index in [1.165, 1.54) is 6.26 Å². The van der Waals surface area contributed by atoms with Crippen molar-refractivity contribution in [3.05, 3.63) is 60.2 Å². The van der Waals surface area contributed by atoms with Crippen molar-refractivity contribution in [2.45, 2.75) is 32.9 Å². The molecule has 0 aliphatic carbocycles. The Morgan fingerprint density at radius 3 is 2.45 bits per heavy atom. The van der Waals surface area contributed by atoms with Crippen molar-refractivity contribution in [3.63, 3.8) is 0 Å². The van der Waals surface area contributed by atoms with Crippen LogP contribution in [-0.2, 0) is 16.4 Å². The van der Waals surface area contributed by atoms with Crippen molar-refractivity contribution in [1.82, 2.24) is 10.6 Å². The van der Waals surface area contributed by atoms with Crippen LogP contribution >= 0.6 is 24.0 Å². The third-order valence-corrected chi connectivity index (χ3v) is 4.92. The lowest BCUT2D eigenvalue weighted by Crippen LogP contribution is -2.42. The summed E-state index contributed by atoms with van der Waals surface area (Å²) in [7, 11) is -2.97. The Morgan fingerprint density at radius 2 is 1.79 bits per heavy atom. The molecule has 0 amide bonds. The summed E-state index contributed by atoms with van der Waals surface area (Å²) in [6, 6.07) is 17.5. The maximum Gasteiger partial charge on any atom is 0.191 e. The highest BCUT2D eigenvalue weighted by Gasteiger charge is 2.09. The molecule has 0 spiro atoms. The zero-order chi connectivity index (χ0) is 20.4. The van der Waals surface area contributed by atoms with Gasteiger partial charge in [-0.3, -0.25) is 0 Å². The molecule has 2 N–H and O–H groups in total. The molecule has 160 valence electrons. The van der Waals surface area contributed by atoms with Gasteiger partial charge in [-0.05, 0) is 50.1 Å². The van der Waals surface area contributed by atoms with Gasteiger partial charge >= 0.3 is 0 Å². The molecule has 0 radical (unpaired) electrons. The molecule has 0 saturated carbocycles. The largest absolute Gasteiger partial charge is 0.457 e. The van der Waals surface area contributed by atoms with Gasteiger partial charge < -0.3 is 15.4 Å². The average Bonchev–Trinajstić information content (AvgIpc) is 2.65. The summed E-state index contributed by atoms with van der Waals surface area (Å²) in [6.45, 7) is 5.15. The summed E-state index contributed by atoms with van der Waals surface area (Å²) in [6.07, 6.45) is 1.78. The molecule has 8 heteroatoms. The number of hydrogen-bond donors (Lipinski definition) is 2. The van der Waals surface area contributed by atoms with Gasteiger partial charge in [-0.1, -0.05) is 30.3 Å². The third kappa shape index (κ3) is 10.5. The summed E-state index contributed by atoms with van der Waals surface area (Å²) in [5, 5.41) is 6.45. The van der Waals surface area contributed by atoms with E-state index in [0.29, 0.717) is 18.9 Å². The van der Waals surface area contributed by atoms with Gasteiger partial charge in [-0.2, -0.15) is 0 Å². The number of aliphatic imine (C=N–C) groups is 1. The fourth-order valence-corrected chi connectivity index (χ4v) is 3.30. The Balaban J connectivity index is 0.00000420. The Kier molecular flexibility index (Phi) is 11.0. The first kappa shape index (κ1) is 25.2. The average molecular weight is 531 g/mol. The molecular weight excluding hydrogens is 501 g/mol. The third-order valence-electron chi connectivity index (χ3n) is 3.95. The molecule has 1 atom stereocenters. The smallest absolute Gasteiger partial charge is 0.191 e. The molecule has 0 fully saturated rings. The minimum atomic E-state index is -2.97. The summed E-state index contributed by atoms with van der Waals surface area (Å²) in [5.41, 5.74) is 1.02. The fourth-order valence-electron chi connectivity index (χ4n) is 2.52. The van der Waals surface area contributed by atoms with E-state index >= 15 is 0 Å². The number of sulfone groups is 1. The standard InChI is InChI=1S/C21H29N3O3S.HI/c1-4-22-21(24-17(2)13-14-28(3,25)26)23-16-18-9-8-12-20(15-18)27-19-10-6-5-7-11-19;/h5-12,15,17H,4,13-14,16H2,1-3H3,(H2,22,23,24);1H. The molecule has 6 nitrogen and oxygen atoms in total. The van der Waals surface area contributed by atoms with Crippen LogP contribution in [0.5, 0.6) is 11.5 Å². The van der Waals surface area contributed by atoms with Crippen molar-refractivity contribution in [3.8, 4) is 11.5 Å². The Labute approximate surface area is 191 Å². The molecular formula is C21H30IN3O3S. The number of ether oxygens (including phenoxy) is 1. The van der Waals surface area contributed by atoms with Gasteiger partial charge in [0.2, 0.25) is 0 Å². The van der Waals surface area contributed by atoms with Crippen LogP contribution in [0.25, 0.3) is 0 Å². The minimum Gasteiger partial charge on any atom is -0.457 e. The first-order valence-electron chi connectivity index (χ1n) is 9.40. The number of nitrogens with zero attached hydrogens (tertiary/aromatic N) is 1. The second-order valence-corrected chi connectivity index (χ2v) is 8.98. The molecule has 0 heterocycles. The number of guanidine groups is 1. The highest BCUT2D eigenvalue weighted by atomic mass is 127. The monoisotopic (exact) mass is 531 g/mol. The number of halogens is 1. The van der Waals surface area contributed by atoms with Crippen molar-refractivity contribution < 1.29 is 13.2 Å². The first-order valence-corrected chi connectivity index (χ1v) is 11.5. The van der Waals surface area contributed by atoms with Gasteiger partial charge in [-0.25, -0.2) is 13.4 Å². The van der Waals surface area contributed by atoms with E-state index in [1.54, 1.807) is 0 Å². The minimum absolute atomic E-state index is 0. The normalized spacial score (nSPS) is 12.6. The number of para-hydroxylation sites is 1. The van der Waals surface area contributed by atoms with Gasteiger partial charge in [0.15, 0.2) is 5.96 Å². The first-order chi connectivity index (χ1) is 13.4. The maximum atomic E-state index is 11.3. The topological polar surface area (TPSA) is 79.8 Å². The lowest BCUT2D eigenvalue weighted by Gasteiger charge is -2.17. The molecule has 0 aromatic heterocycles. The molecule has 0 saturated heterocycles. The van der Waals surface area contributed by atoms with Crippen molar-refractivity contribution >= 4 is 39.8 Å². The fraction of sp³-hybridized carbons (Fsp3) is 0.381. The van der Waals surface area contributed by atoms with E-state index in [9.17, 15) is 8.42 Å². The van der Waals surface area contributed by atoms with Gasteiger partial charge in [0.1, 0.15) is 21.3 Å². The van der Waals surface area contributed by atoms with Crippen LogP contribution in [0, 0.1) is 0 Å². The highest BCUT2D eigenvalue weighted by molar-refractivity contribution is 14.0. The van der Waals surface area contributed by atoms with E-state index in [4.69, 9.17) is 4.74 Å². The Morgan fingerprint density at radius 1 is 1.10 bits per heavy atom. The van der Waals surface area contributed by atoms with Crippen LogP contribution < -0.4 is 15.4 Å². The number of benzene rings is 2. The zero-order valence-corrected chi connectivity index (χ0v) is 20.2.